The Bertz CT molecular complexity index is 387. The van der Waals surface area contributed by atoms with Crippen LogP contribution in [0.5, 0.6) is 0 Å². The van der Waals surface area contributed by atoms with Crippen LogP contribution in [0.2, 0.25) is 0 Å². The van der Waals surface area contributed by atoms with Crippen molar-refractivity contribution in [3.05, 3.63) is 41.0 Å². The first-order valence-corrected chi connectivity index (χ1v) is 5.70. The van der Waals surface area contributed by atoms with Crippen molar-refractivity contribution in [2.24, 2.45) is 0 Å². The summed E-state index contributed by atoms with van der Waals surface area (Å²) in [6.45, 7) is 14.3. The van der Waals surface area contributed by atoms with Crippen LogP contribution in [-0.4, -0.2) is 7.05 Å². The predicted octanol–water partition coefficient (Wildman–Crippen LogP) is 4.19. The van der Waals surface area contributed by atoms with Crippen molar-refractivity contribution < 1.29 is 0 Å². The van der Waals surface area contributed by atoms with E-state index in [2.05, 4.69) is 39.2 Å². The van der Waals surface area contributed by atoms with Gasteiger partial charge in [-0.1, -0.05) is 32.2 Å². The number of hydrogen-bond donors (Lipinski definition) is 1. The lowest BCUT2D eigenvalue weighted by Crippen LogP contribution is -2.04. The SMILES string of the molecule is C=Cc1c(C=C)c(NC)c(C)c(C)c1CC. The third-order valence-electron chi connectivity index (χ3n) is 3.29. The van der Waals surface area contributed by atoms with Crippen LogP contribution in [0.3, 0.4) is 0 Å². The molecule has 0 heterocycles. The van der Waals surface area contributed by atoms with Crippen LogP contribution in [0, 0.1) is 13.8 Å². The van der Waals surface area contributed by atoms with Gasteiger partial charge in [-0.2, -0.15) is 0 Å². The molecule has 1 heteroatoms. The van der Waals surface area contributed by atoms with Gasteiger partial charge in [0.05, 0.1) is 0 Å². The number of nitrogens with one attached hydrogen (secondary N) is 1. The summed E-state index contributed by atoms with van der Waals surface area (Å²) >= 11 is 0. The van der Waals surface area contributed by atoms with Crippen molar-refractivity contribution in [1.82, 2.24) is 0 Å². The average molecular weight is 215 g/mol. The fourth-order valence-corrected chi connectivity index (χ4v) is 2.34. The van der Waals surface area contributed by atoms with Crippen molar-refractivity contribution >= 4 is 17.8 Å². The van der Waals surface area contributed by atoms with Crippen molar-refractivity contribution in [2.45, 2.75) is 27.2 Å². The van der Waals surface area contributed by atoms with Crippen LogP contribution < -0.4 is 5.32 Å². The molecule has 0 spiro atoms. The van der Waals surface area contributed by atoms with Gasteiger partial charge in [0.25, 0.3) is 0 Å². The number of rotatable bonds is 4. The van der Waals surface area contributed by atoms with E-state index < -0.39 is 0 Å². The summed E-state index contributed by atoms with van der Waals surface area (Å²) in [5.41, 5.74) is 7.58. The molecule has 1 nitrogen and oxygen atoms in total. The van der Waals surface area contributed by atoms with Crippen molar-refractivity contribution in [1.29, 1.82) is 0 Å². The zero-order chi connectivity index (χ0) is 12.3. The van der Waals surface area contributed by atoms with E-state index in [9.17, 15) is 0 Å². The highest BCUT2D eigenvalue weighted by Crippen LogP contribution is 2.33. The van der Waals surface area contributed by atoms with Crippen LogP contribution in [0.1, 0.15) is 34.7 Å². The second-order valence-electron chi connectivity index (χ2n) is 3.94. The van der Waals surface area contributed by atoms with Gasteiger partial charge in [-0.3, -0.25) is 0 Å². The largest absolute Gasteiger partial charge is 0.387 e. The van der Waals surface area contributed by atoms with Crippen molar-refractivity contribution in [2.75, 3.05) is 12.4 Å². The smallest absolute Gasteiger partial charge is 0.0449 e. The molecule has 0 atom stereocenters. The van der Waals surface area contributed by atoms with E-state index in [-0.39, 0.29) is 0 Å². The lowest BCUT2D eigenvalue weighted by Gasteiger charge is -2.20. The van der Waals surface area contributed by atoms with E-state index >= 15 is 0 Å². The quantitative estimate of drug-likeness (QED) is 0.794. The van der Waals surface area contributed by atoms with E-state index in [1.807, 2.05) is 19.2 Å². The standard InChI is InChI=1S/C15H21N/c1-7-12-10(4)11(5)15(16-6)14(9-3)13(12)8-2/h8-9,16H,2-3,7H2,1,4-6H3. The Kier molecular flexibility index (Phi) is 3.94. The van der Waals surface area contributed by atoms with E-state index in [0.717, 1.165) is 12.0 Å². The molecule has 0 aliphatic heterocycles. The first kappa shape index (κ1) is 12.6. The lowest BCUT2D eigenvalue weighted by atomic mass is 9.89. The zero-order valence-electron chi connectivity index (χ0n) is 10.8. The van der Waals surface area contributed by atoms with Gasteiger partial charge in [-0.25, -0.2) is 0 Å². The minimum atomic E-state index is 1.03. The molecule has 0 fully saturated rings. The lowest BCUT2D eigenvalue weighted by molar-refractivity contribution is 1.08. The molecule has 0 aromatic heterocycles. The molecule has 86 valence electrons. The molecule has 0 saturated carbocycles. The zero-order valence-corrected chi connectivity index (χ0v) is 10.8. The predicted molar refractivity (Wildman–Crippen MR) is 75.0 cm³/mol. The maximum absolute atomic E-state index is 3.92. The summed E-state index contributed by atoms with van der Waals surface area (Å²) in [6, 6.07) is 0. The molecule has 0 aliphatic rings. The normalized spacial score (nSPS) is 10.0. The molecule has 1 aromatic rings. The number of anilines is 1. The van der Waals surface area contributed by atoms with Gasteiger partial charge in [-0.15, -0.1) is 0 Å². The summed E-state index contributed by atoms with van der Waals surface area (Å²) in [5.74, 6) is 0. The van der Waals surface area contributed by atoms with Gasteiger partial charge in [0, 0.05) is 18.3 Å². The Hall–Kier alpha value is -1.50. The molecule has 0 aliphatic carbocycles. The third kappa shape index (κ3) is 1.78. The van der Waals surface area contributed by atoms with Crippen molar-refractivity contribution in [3.8, 4) is 0 Å². The Morgan fingerprint density at radius 1 is 1.06 bits per heavy atom. The Balaban J connectivity index is 3.75. The van der Waals surface area contributed by atoms with Crippen LogP contribution in [0.4, 0.5) is 5.69 Å². The molecule has 0 unspecified atom stereocenters. The van der Waals surface area contributed by atoms with Crippen LogP contribution in [0.25, 0.3) is 12.2 Å². The van der Waals surface area contributed by atoms with Crippen LogP contribution in [-0.2, 0) is 6.42 Å². The molecule has 0 saturated heterocycles. The Morgan fingerprint density at radius 2 is 1.62 bits per heavy atom. The minimum absolute atomic E-state index is 1.03. The molecular formula is C15H21N. The molecule has 0 bridgehead atoms. The molecule has 0 radical (unpaired) electrons. The van der Waals surface area contributed by atoms with Gasteiger partial charge in [0.15, 0.2) is 0 Å². The maximum atomic E-state index is 3.92. The highest BCUT2D eigenvalue weighted by molar-refractivity contribution is 5.80. The molecule has 1 rings (SSSR count). The monoisotopic (exact) mass is 215 g/mol. The summed E-state index contributed by atoms with van der Waals surface area (Å²) in [7, 11) is 1.95. The Labute approximate surface area is 98.9 Å². The van der Waals surface area contributed by atoms with E-state index in [0.29, 0.717) is 0 Å². The van der Waals surface area contributed by atoms with E-state index in [4.69, 9.17) is 0 Å². The molecule has 16 heavy (non-hydrogen) atoms. The highest BCUT2D eigenvalue weighted by Gasteiger charge is 2.14. The topological polar surface area (TPSA) is 12.0 Å². The number of benzene rings is 1. The second-order valence-corrected chi connectivity index (χ2v) is 3.94. The fourth-order valence-electron chi connectivity index (χ4n) is 2.34. The number of hydrogen-bond acceptors (Lipinski definition) is 1. The summed E-state index contributed by atoms with van der Waals surface area (Å²) in [5, 5.41) is 3.26. The first-order valence-electron chi connectivity index (χ1n) is 5.70. The van der Waals surface area contributed by atoms with Crippen LogP contribution >= 0.6 is 0 Å². The second kappa shape index (κ2) is 5.02. The maximum Gasteiger partial charge on any atom is 0.0449 e. The summed E-state index contributed by atoms with van der Waals surface area (Å²) < 4.78 is 0. The summed E-state index contributed by atoms with van der Waals surface area (Å²) in [6.07, 6.45) is 4.87. The fraction of sp³-hybridized carbons (Fsp3) is 0.333. The van der Waals surface area contributed by atoms with Crippen LogP contribution in [0.15, 0.2) is 13.2 Å². The molecule has 0 amide bonds. The molecular weight excluding hydrogens is 194 g/mol. The van der Waals surface area contributed by atoms with E-state index in [1.165, 1.54) is 27.9 Å². The van der Waals surface area contributed by atoms with Gasteiger partial charge in [-0.05, 0) is 42.5 Å². The van der Waals surface area contributed by atoms with Gasteiger partial charge in [0.2, 0.25) is 0 Å². The first-order chi connectivity index (χ1) is 7.62. The molecule has 1 N–H and O–H groups in total. The van der Waals surface area contributed by atoms with E-state index in [1.54, 1.807) is 0 Å². The minimum Gasteiger partial charge on any atom is -0.387 e. The van der Waals surface area contributed by atoms with Gasteiger partial charge >= 0.3 is 0 Å². The average Bonchev–Trinajstić information content (AvgIpc) is 2.31. The summed E-state index contributed by atoms with van der Waals surface area (Å²) in [4.78, 5) is 0. The molecule has 1 aromatic carbocycles. The Morgan fingerprint density at radius 3 is 2.00 bits per heavy atom. The van der Waals surface area contributed by atoms with Crippen molar-refractivity contribution in [3.63, 3.8) is 0 Å². The highest BCUT2D eigenvalue weighted by atomic mass is 14.8. The van der Waals surface area contributed by atoms with Gasteiger partial charge in [0.1, 0.15) is 0 Å². The third-order valence-corrected chi connectivity index (χ3v) is 3.29. The van der Waals surface area contributed by atoms with Gasteiger partial charge < -0.3 is 5.32 Å².